The van der Waals surface area contributed by atoms with Gasteiger partial charge in [-0.15, -0.1) is 5.10 Å². The van der Waals surface area contributed by atoms with Gasteiger partial charge in [-0.2, -0.15) is 0 Å². The number of carbonyl (C=O) groups is 1. The van der Waals surface area contributed by atoms with E-state index >= 15 is 0 Å². The van der Waals surface area contributed by atoms with Gasteiger partial charge in [-0.1, -0.05) is 17.0 Å². The van der Waals surface area contributed by atoms with Crippen LogP contribution in [0.25, 0.3) is 0 Å². The Hall–Kier alpha value is -1.89. The van der Waals surface area contributed by atoms with E-state index < -0.39 is 5.97 Å². The number of thioether (sulfide) groups is 1. The Kier molecular flexibility index (Phi) is 3.38. The van der Waals surface area contributed by atoms with Crippen LogP contribution in [0.3, 0.4) is 0 Å². The molecule has 0 fully saturated rings. The largest absolute Gasteiger partial charge is 0.478 e. The molecule has 0 unspecified atom stereocenters. The van der Waals surface area contributed by atoms with Crippen molar-refractivity contribution in [1.82, 2.24) is 20.0 Å². The number of aromatic nitrogens is 4. The van der Waals surface area contributed by atoms with Gasteiger partial charge in [-0.25, -0.2) is 9.78 Å². The van der Waals surface area contributed by atoms with Gasteiger partial charge in [0.25, 0.3) is 0 Å². The van der Waals surface area contributed by atoms with Crippen LogP contribution in [-0.4, -0.2) is 31.1 Å². The summed E-state index contributed by atoms with van der Waals surface area (Å²) in [6.07, 6.45) is 3.30. The molecule has 0 saturated heterocycles. The van der Waals surface area contributed by atoms with Gasteiger partial charge in [-0.05, 0) is 12.1 Å². The number of pyridine rings is 1. The standard InChI is InChI=1S/C10H10N4O2S/c1-14-5-8(12-13-14)6-17-9-4-7(10(15)16)2-3-11-9/h2-5H,6H2,1H3,(H,15,16). The maximum absolute atomic E-state index is 10.8. The lowest BCUT2D eigenvalue weighted by Gasteiger charge is -1.99. The molecular weight excluding hydrogens is 240 g/mol. The van der Waals surface area contributed by atoms with Crippen molar-refractivity contribution in [3.63, 3.8) is 0 Å². The van der Waals surface area contributed by atoms with E-state index in [1.165, 1.54) is 24.0 Å². The molecule has 17 heavy (non-hydrogen) atoms. The molecule has 0 aliphatic heterocycles. The zero-order chi connectivity index (χ0) is 12.3. The van der Waals surface area contributed by atoms with Gasteiger partial charge in [-0.3, -0.25) is 4.68 Å². The molecule has 2 aromatic heterocycles. The van der Waals surface area contributed by atoms with Crippen molar-refractivity contribution in [1.29, 1.82) is 0 Å². The quantitative estimate of drug-likeness (QED) is 0.821. The van der Waals surface area contributed by atoms with Crippen LogP contribution in [0.15, 0.2) is 29.6 Å². The van der Waals surface area contributed by atoms with Crippen LogP contribution in [0.5, 0.6) is 0 Å². The van der Waals surface area contributed by atoms with Crippen LogP contribution in [0, 0.1) is 0 Å². The fraction of sp³-hybridized carbons (Fsp3) is 0.200. The monoisotopic (exact) mass is 250 g/mol. The normalized spacial score (nSPS) is 10.4. The number of nitrogens with zero attached hydrogens (tertiary/aromatic N) is 4. The van der Waals surface area contributed by atoms with Crippen LogP contribution < -0.4 is 0 Å². The molecule has 0 aliphatic rings. The molecule has 2 heterocycles. The van der Waals surface area contributed by atoms with Gasteiger partial charge in [0.15, 0.2) is 0 Å². The Morgan fingerprint density at radius 1 is 1.59 bits per heavy atom. The van der Waals surface area contributed by atoms with Gasteiger partial charge in [0, 0.05) is 25.2 Å². The summed E-state index contributed by atoms with van der Waals surface area (Å²) >= 11 is 1.43. The predicted molar refractivity (Wildman–Crippen MR) is 61.8 cm³/mol. The van der Waals surface area contributed by atoms with Gasteiger partial charge in [0.1, 0.15) is 0 Å². The first-order valence-corrected chi connectivity index (χ1v) is 5.81. The van der Waals surface area contributed by atoms with Gasteiger partial charge < -0.3 is 5.11 Å². The summed E-state index contributed by atoms with van der Waals surface area (Å²) in [6.45, 7) is 0. The van der Waals surface area contributed by atoms with Gasteiger partial charge in [0.05, 0.1) is 16.3 Å². The molecule has 0 radical (unpaired) electrons. The predicted octanol–water partition coefficient (Wildman–Crippen LogP) is 1.20. The molecule has 1 N–H and O–H groups in total. The second kappa shape index (κ2) is 4.96. The third-order valence-corrected chi connectivity index (χ3v) is 2.96. The summed E-state index contributed by atoms with van der Waals surface area (Å²) in [5.41, 5.74) is 1.07. The molecule has 0 spiro atoms. The molecule has 2 rings (SSSR count). The van der Waals surface area contributed by atoms with Crippen molar-refractivity contribution in [3.05, 3.63) is 35.8 Å². The summed E-state index contributed by atoms with van der Waals surface area (Å²) in [6, 6.07) is 3.01. The highest BCUT2D eigenvalue weighted by Gasteiger charge is 2.06. The maximum atomic E-state index is 10.8. The zero-order valence-electron chi connectivity index (χ0n) is 9.07. The first-order chi connectivity index (χ1) is 8.15. The van der Waals surface area contributed by atoms with Crippen molar-refractivity contribution < 1.29 is 9.90 Å². The topological polar surface area (TPSA) is 80.9 Å². The highest BCUT2D eigenvalue weighted by Crippen LogP contribution is 2.20. The maximum Gasteiger partial charge on any atom is 0.335 e. The number of hydrogen-bond acceptors (Lipinski definition) is 5. The van der Waals surface area contributed by atoms with Crippen molar-refractivity contribution in [2.75, 3.05) is 0 Å². The van der Waals surface area contributed by atoms with Crippen molar-refractivity contribution >= 4 is 17.7 Å². The lowest BCUT2D eigenvalue weighted by atomic mass is 10.3. The van der Waals surface area contributed by atoms with Crippen LogP contribution in [-0.2, 0) is 12.8 Å². The fourth-order valence-corrected chi connectivity index (χ4v) is 2.00. The highest BCUT2D eigenvalue weighted by molar-refractivity contribution is 7.98. The lowest BCUT2D eigenvalue weighted by Crippen LogP contribution is -1.96. The third kappa shape index (κ3) is 3.04. The minimum Gasteiger partial charge on any atom is -0.478 e. The first kappa shape index (κ1) is 11.6. The molecule has 0 atom stereocenters. The van der Waals surface area contributed by atoms with Crippen molar-refractivity contribution in [2.24, 2.45) is 7.05 Å². The average Bonchev–Trinajstić information content (AvgIpc) is 2.73. The average molecular weight is 250 g/mol. The number of hydrogen-bond donors (Lipinski definition) is 1. The Balaban J connectivity index is 2.04. The fourth-order valence-electron chi connectivity index (χ4n) is 1.23. The van der Waals surface area contributed by atoms with E-state index in [-0.39, 0.29) is 5.56 Å². The zero-order valence-corrected chi connectivity index (χ0v) is 9.89. The minimum atomic E-state index is -0.950. The molecule has 0 bridgehead atoms. The molecule has 0 aliphatic carbocycles. The van der Waals surface area contributed by atoms with Crippen LogP contribution in [0.2, 0.25) is 0 Å². The molecule has 7 heteroatoms. The minimum absolute atomic E-state index is 0.238. The van der Waals surface area contributed by atoms with E-state index in [1.807, 2.05) is 6.20 Å². The van der Waals surface area contributed by atoms with Gasteiger partial charge >= 0.3 is 5.97 Å². The van der Waals surface area contributed by atoms with Crippen molar-refractivity contribution in [2.45, 2.75) is 10.8 Å². The molecular formula is C10H10N4O2S. The first-order valence-electron chi connectivity index (χ1n) is 4.82. The number of aryl methyl sites for hydroxylation is 1. The number of aromatic carboxylic acids is 1. The molecule has 0 saturated carbocycles. The summed E-state index contributed by atoms with van der Waals surface area (Å²) in [5, 5.41) is 17.2. The lowest BCUT2D eigenvalue weighted by molar-refractivity contribution is 0.0696. The Bertz CT molecular complexity index is 541. The van der Waals surface area contributed by atoms with Crippen LogP contribution in [0.4, 0.5) is 0 Å². The SMILES string of the molecule is Cn1cc(CSc2cc(C(=O)O)ccn2)nn1. The van der Waals surface area contributed by atoms with Gasteiger partial charge in [0.2, 0.25) is 0 Å². The molecule has 0 amide bonds. The van der Waals surface area contributed by atoms with E-state index in [1.54, 1.807) is 17.8 Å². The summed E-state index contributed by atoms with van der Waals surface area (Å²) < 4.78 is 1.62. The molecule has 88 valence electrons. The number of rotatable bonds is 4. The Morgan fingerprint density at radius 3 is 3.06 bits per heavy atom. The Morgan fingerprint density at radius 2 is 2.41 bits per heavy atom. The molecule has 6 nitrogen and oxygen atoms in total. The van der Waals surface area contributed by atoms with E-state index in [2.05, 4.69) is 15.3 Å². The Labute approximate surface area is 102 Å². The van der Waals surface area contributed by atoms with E-state index in [0.29, 0.717) is 10.8 Å². The summed E-state index contributed by atoms with van der Waals surface area (Å²) in [7, 11) is 1.80. The summed E-state index contributed by atoms with van der Waals surface area (Å²) in [5.74, 6) is -0.335. The molecule has 0 aromatic carbocycles. The number of carboxylic acids is 1. The van der Waals surface area contributed by atoms with E-state index in [4.69, 9.17) is 5.11 Å². The smallest absolute Gasteiger partial charge is 0.335 e. The van der Waals surface area contributed by atoms with E-state index in [0.717, 1.165) is 5.69 Å². The number of carboxylic acid groups (broad SMARTS) is 1. The second-order valence-corrected chi connectivity index (χ2v) is 4.36. The van der Waals surface area contributed by atoms with Crippen LogP contribution >= 0.6 is 11.8 Å². The molecule has 2 aromatic rings. The third-order valence-electron chi connectivity index (χ3n) is 2.00. The second-order valence-electron chi connectivity index (χ2n) is 3.36. The van der Waals surface area contributed by atoms with Crippen molar-refractivity contribution in [3.8, 4) is 0 Å². The highest BCUT2D eigenvalue weighted by atomic mass is 32.2. The van der Waals surface area contributed by atoms with E-state index in [9.17, 15) is 4.79 Å². The summed E-state index contributed by atoms with van der Waals surface area (Å²) in [4.78, 5) is 14.9. The van der Waals surface area contributed by atoms with Crippen LogP contribution in [0.1, 0.15) is 16.1 Å².